The van der Waals surface area contributed by atoms with Crippen molar-refractivity contribution in [3.8, 4) is 5.75 Å². The second kappa shape index (κ2) is 4.68. The SMILES string of the molecule is C=CCOc1ccc(C)cc1S(=O)(=O)Cl. The van der Waals surface area contributed by atoms with Crippen LogP contribution in [0.3, 0.4) is 0 Å². The molecule has 3 nitrogen and oxygen atoms in total. The summed E-state index contributed by atoms with van der Waals surface area (Å²) in [4.78, 5) is -0.00832. The minimum atomic E-state index is -3.77. The zero-order valence-electron chi connectivity index (χ0n) is 8.23. The van der Waals surface area contributed by atoms with Crippen molar-refractivity contribution in [1.29, 1.82) is 0 Å². The van der Waals surface area contributed by atoms with E-state index in [1.165, 1.54) is 12.1 Å². The summed E-state index contributed by atoms with van der Waals surface area (Å²) in [5.74, 6) is 0.246. The molecule has 0 atom stereocenters. The molecule has 1 rings (SSSR count). The molecule has 0 bridgehead atoms. The zero-order chi connectivity index (χ0) is 11.5. The normalized spacial score (nSPS) is 11.1. The third-order valence-electron chi connectivity index (χ3n) is 1.72. The minimum Gasteiger partial charge on any atom is -0.488 e. The van der Waals surface area contributed by atoms with Gasteiger partial charge >= 0.3 is 0 Å². The first-order valence-corrected chi connectivity index (χ1v) is 6.55. The topological polar surface area (TPSA) is 43.4 Å². The van der Waals surface area contributed by atoms with Gasteiger partial charge in [-0.15, -0.1) is 0 Å². The van der Waals surface area contributed by atoms with Crippen LogP contribution in [-0.2, 0) is 9.05 Å². The van der Waals surface area contributed by atoms with Crippen molar-refractivity contribution in [3.05, 3.63) is 36.4 Å². The highest BCUT2D eigenvalue weighted by molar-refractivity contribution is 8.13. The molecular formula is C10H11ClO3S. The van der Waals surface area contributed by atoms with Gasteiger partial charge in [0.05, 0.1) is 0 Å². The van der Waals surface area contributed by atoms with Gasteiger partial charge in [-0.05, 0) is 24.6 Å². The summed E-state index contributed by atoms with van der Waals surface area (Å²) >= 11 is 0. The van der Waals surface area contributed by atoms with Gasteiger partial charge in [0.1, 0.15) is 17.3 Å². The highest BCUT2D eigenvalue weighted by Gasteiger charge is 2.16. The molecule has 5 heteroatoms. The van der Waals surface area contributed by atoms with Crippen LogP contribution in [0.4, 0.5) is 0 Å². The summed E-state index contributed by atoms with van der Waals surface area (Å²) in [6.07, 6.45) is 1.53. The molecule has 0 heterocycles. The van der Waals surface area contributed by atoms with E-state index in [9.17, 15) is 8.42 Å². The lowest BCUT2D eigenvalue weighted by atomic mass is 10.2. The van der Waals surface area contributed by atoms with E-state index in [0.717, 1.165) is 5.56 Å². The van der Waals surface area contributed by atoms with Crippen LogP contribution in [-0.4, -0.2) is 15.0 Å². The van der Waals surface area contributed by atoms with Gasteiger partial charge in [0.2, 0.25) is 0 Å². The monoisotopic (exact) mass is 246 g/mol. The number of halogens is 1. The minimum absolute atomic E-state index is 0.00832. The average Bonchev–Trinajstić information content (AvgIpc) is 2.14. The van der Waals surface area contributed by atoms with Crippen LogP contribution in [0.25, 0.3) is 0 Å². The van der Waals surface area contributed by atoms with Gasteiger partial charge in [0.25, 0.3) is 9.05 Å². The lowest BCUT2D eigenvalue weighted by Gasteiger charge is -2.08. The Morgan fingerprint density at radius 1 is 1.53 bits per heavy atom. The Balaban J connectivity index is 3.21. The van der Waals surface area contributed by atoms with Crippen molar-refractivity contribution in [2.75, 3.05) is 6.61 Å². The Bertz CT molecular complexity index is 466. The molecular weight excluding hydrogens is 236 g/mol. The van der Waals surface area contributed by atoms with Crippen LogP contribution in [0.1, 0.15) is 5.56 Å². The number of hydrogen-bond acceptors (Lipinski definition) is 3. The molecule has 0 N–H and O–H groups in total. The van der Waals surface area contributed by atoms with Gasteiger partial charge < -0.3 is 4.74 Å². The molecule has 0 amide bonds. The fourth-order valence-corrected chi connectivity index (χ4v) is 2.13. The van der Waals surface area contributed by atoms with E-state index in [1.54, 1.807) is 19.1 Å². The molecule has 0 saturated carbocycles. The zero-order valence-corrected chi connectivity index (χ0v) is 9.81. The van der Waals surface area contributed by atoms with E-state index >= 15 is 0 Å². The fourth-order valence-electron chi connectivity index (χ4n) is 1.07. The maximum absolute atomic E-state index is 11.2. The van der Waals surface area contributed by atoms with E-state index in [1.807, 2.05) is 0 Å². The first-order valence-electron chi connectivity index (χ1n) is 4.24. The third-order valence-corrected chi connectivity index (χ3v) is 3.06. The van der Waals surface area contributed by atoms with Gasteiger partial charge in [0, 0.05) is 10.7 Å². The molecule has 0 aliphatic carbocycles. The smallest absolute Gasteiger partial charge is 0.264 e. The highest BCUT2D eigenvalue weighted by atomic mass is 35.7. The van der Waals surface area contributed by atoms with E-state index in [4.69, 9.17) is 15.4 Å². The molecule has 0 saturated heterocycles. The third kappa shape index (κ3) is 3.25. The van der Waals surface area contributed by atoms with Crippen LogP contribution >= 0.6 is 10.7 Å². The summed E-state index contributed by atoms with van der Waals surface area (Å²) in [5.41, 5.74) is 0.806. The number of benzene rings is 1. The van der Waals surface area contributed by atoms with Crippen LogP contribution in [0.15, 0.2) is 35.7 Å². The lowest BCUT2D eigenvalue weighted by molar-refractivity contribution is 0.353. The quantitative estimate of drug-likeness (QED) is 0.606. The van der Waals surface area contributed by atoms with Crippen LogP contribution in [0, 0.1) is 6.92 Å². The summed E-state index contributed by atoms with van der Waals surface area (Å²) < 4.78 is 27.6. The number of rotatable bonds is 4. The molecule has 0 aliphatic rings. The molecule has 1 aromatic rings. The molecule has 82 valence electrons. The summed E-state index contributed by atoms with van der Waals surface area (Å²) in [6.45, 7) is 5.50. The van der Waals surface area contributed by atoms with Crippen molar-refractivity contribution in [1.82, 2.24) is 0 Å². The molecule has 0 spiro atoms. The van der Waals surface area contributed by atoms with Gasteiger partial charge in [-0.25, -0.2) is 8.42 Å². The van der Waals surface area contributed by atoms with Crippen LogP contribution in [0.5, 0.6) is 5.75 Å². The highest BCUT2D eigenvalue weighted by Crippen LogP contribution is 2.27. The van der Waals surface area contributed by atoms with Crippen molar-refractivity contribution in [3.63, 3.8) is 0 Å². The largest absolute Gasteiger partial charge is 0.488 e. The standard InChI is InChI=1S/C10H11ClO3S/c1-3-6-14-9-5-4-8(2)7-10(9)15(11,12)13/h3-5,7H,1,6H2,2H3. The fraction of sp³-hybridized carbons (Fsp3) is 0.200. The lowest BCUT2D eigenvalue weighted by Crippen LogP contribution is -2.00. The average molecular weight is 247 g/mol. The second-order valence-corrected chi connectivity index (χ2v) is 5.52. The molecule has 0 aromatic heterocycles. The molecule has 1 aromatic carbocycles. The van der Waals surface area contributed by atoms with Crippen molar-refractivity contribution < 1.29 is 13.2 Å². The summed E-state index contributed by atoms with van der Waals surface area (Å²) in [7, 11) is 1.51. The molecule has 0 fully saturated rings. The van der Waals surface area contributed by atoms with Gasteiger partial charge in [-0.2, -0.15) is 0 Å². The number of hydrogen-bond donors (Lipinski definition) is 0. The first-order chi connectivity index (χ1) is 6.95. The number of aryl methyl sites for hydroxylation is 1. The molecule has 0 radical (unpaired) electrons. The van der Waals surface area contributed by atoms with E-state index in [0.29, 0.717) is 0 Å². The molecule has 15 heavy (non-hydrogen) atoms. The van der Waals surface area contributed by atoms with Crippen molar-refractivity contribution >= 4 is 19.7 Å². The predicted molar refractivity (Wildman–Crippen MR) is 59.9 cm³/mol. The molecule has 0 aliphatic heterocycles. The number of ether oxygens (including phenoxy) is 1. The maximum atomic E-state index is 11.2. The predicted octanol–water partition coefficient (Wildman–Crippen LogP) is 2.49. The maximum Gasteiger partial charge on any atom is 0.264 e. The Labute approximate surface area is 93.7 Å². The Morgan fingerprint density at radius 2 is 2.20 bits per heavy atom. The van der Waals surface area contributed by atoms with Crippen molar-refractivity contribution in [2.24, 2.45) is 0 Å². The van der Waals surface area contributed by atoms with E-state index in [2.05, 4.69) is 6.58 Å². The van der Waals surface area contributed by atoms with E-state index in [-0.39, 0.29) is 17.3 Å². The molecule has 0 unspecified atom stereocenters. The Hall–Kier alpha value is -1.00. The second-order valence-electron chi connectivity index (χ2n) is 2.99. The van der Waals surface area contributed by atoms with Gasteiger partial charge in [-0.1, -0.05) is 18.7 Å². The van der Waals surface area contributed by atoms with Crippen LogP contribution < -0.4 is 4.74 Å². The summed E-state index contributed by atoms with van der Waals surface area (Å²) in [6, 6.07) is 4.80. The van der Waals surface area contributed by atoms with Gasteiger partial charge in [-0.3, -0.25) is 0 Å². The van der Waals surface area contributed by atoms with Crippen LogP contribution in [0.2, 0.25) is 0 Å². The Kier molecular flexibility index (Phi) is 3.77. The Morgan fingerprint density at radius 3 is 2.73 bits per heavy atom. The van der Waals surface area contributed by atoms with Crippen molar-refractivity contribution in [2.45, 2.75) is 11.8 Å². The summed E-state index contributed by atoms with van der Waals surface area (Å²) in [5, 5.41) is 0. The van der Waals surface area contributed by atoms with Gasteiger partial charge in [0.15, 0.2) is 0 Å². The van der Waals surface area contributed by atoms with E-state index < -0.39 is 9.05 Å². The first kappa shape index (κ1) is 12.1.